The molecular weight excluding hydrogens is 152 g/mol. The number of hydrogen-bond donors (Lipinski definition) is 0. The Labute approximate surface area is 72.4 Å². The second kappa shape index (κ2) is 3.72. The van der Waals surface area contributed by atoms with Crippen LogP contribution in [0.3, 0.4) is 0 Å². The zero-order chi connectivity index (χ0) is 8.23. The zero-order valence-corrected chi connectivity index (χ0v) is 7.20. The monoisotopic (exact) mass is 166 g/mol. The summed E-state index contributed by atoms with van der Waals surface area (Å²) in [4.78, 5) is 6.53. The predicted molar refractivity (Wildman–Crippen MR) is 45.6 cm³/mol. The van der Waals surface area contributed by atoms with Crippen LogP contribution < -0.4 is 0 Å². The van der Waals surface area contributed by atoms with Gasteiger partial charge in [-0.3, -0.25) is 4.90 Å². The SMILES string of the molecule is c1nc(CN2CCCCC2)co1. The molecule has 0 aliphatic carbocycles. The van der Waals surface area contributed by atoms with Crippen LogP contribution in [0.1, 0.15) is 25.0 Å². The Morgan fingerprint density at radius 1 is 1.33 bits per heavy atom. The lowest BCUT2D eigenvalue weighted by molar-refractivity contribution is 0.218. The Kier molecular flexibility index (Phi) is 2.42. The van der Waals surface area contributed by atoms with Crippen LogP contribution in [0.25, 0.3) is 0 Å². The Hall–Kier alpha value is -0.830. The lowest BCUT2D eigenvalue weighted by Crippen LogP contribution is -2.29. The van der Waals surface area contributed by atoms with Gasteiger partial charge in [0.25, 0.3) is 0 Å². The van der Waals surface area contributed by atoms with Crippen molar-refractivity contribution in [1.82, 2.24) is 9.88 Å². The van der Waals surface area contributed by atoms with E-state index in [-0.39, 0.29) is 0 Å². The number of piperidine rings is 1. The Morgan fingerprint density at radius 3 is 2.83 bits per heavy atom. The molecule has 0 bridgehead atoms. The molecule has 3 nitrogen and oxygen atoms in total. The van der Waals surface area contributed by atoms with Gasteiger partial charge in [-0.1, -0.05) is 6.42 Å². The van der Waals surface area contributed by atoms with Crippen molar-refractivity contribution in [3.63, 3.8) is 0 Å². The minimum absolute atomic E-state index is 0.955. The summed E-state index contributed by atoms with van der Waals surface area (Å²) in [5.74, 6) is 0. The molecule has 1 fully saturated rings. The van der Waals surface area contributed by atoms with Crippen molar-refractivity contribution in [2.24, 2.45) is 0 Å². The molecule has 0 radical (unpaired) electrons. The van der Waals surface area contributed by atoms with E-state index >= 15 is 0 Å². The van der Waals surface area contributed by atoms with Crippen molar-refractivity contribution in [3.05, 3.63) is 18.4 Å². The summed E-state index contributed by atoms with van der Waals surface area (Å²) in [5.41, 5.74) is 1.05. The summed E-state index contributed by atoms with van der Waals surface area (Å²) in [6.07, 6.45) is 7.28. The largest absolute Gasteiger partial charge is 0.451 e. The predicted octanol–water partition coefficient (Wildman–Crippen LogP) is 1.66. The van der Waals surface area contributed by atoms with Gasteiger partial charge in [-0.15, -0.1) is 0 Å². The van der Waals surface area contributed by atoms with Gasteiger partial charge in [0.1, 0.15) is 6.26 Å². The molecule has 1 aromatic heterocycles. The fourth-order valence-electron chi connectivity index (χ4n) is 1.66. The summed E-state index contributed by atoms with van der Waals surface area (Å²) in [6.45, 7) is 3.39. The second-order valence-electron chi connectivity index (χ2n) is 3.32. The van der Waals surface area contributed by atoms with E-state index in [1.807, 2.05) is 0 Å². The van der Waals surface area contributed by atoms with Gasteiger partial charge in [0, 0.05) is 6.54 Å². The van der Waals surface area contributed by atoms with Crippen molar-refractivity contribution in [2.75, 3.05) is 13.1 Å². The van der Waals surface area contributed by atoms with Gasteiger partial charge in [0.05, 0.1) is 5.69 Å². The summed E-state index contributed by atoms with van der Waals surface area (Å²) in [6, 6.07) is 0. The first-order chi connectivity index (χ1) is 5.95. The zero-order valence-electron chi connectivity index (χ0n) is 7.20. The molecule has 1 aliphatic rings. The van der Waals surface area contributed by atoms with Crippen LogP contribution in [0.2, 0.25) is 0 Å². The van der Waals surface area contributed by atoms with Crippen molar-refractivity contribution >= 4 is 0 Å². The number of oxazole rings is 1. The number of aromatic nitrogens is 1. The molecule has 0 amide bonds. The normalized spacial score (nSPS) is 19.7. The highest BCUT2D eigenvalue weighted by molar-refractivity contribution is 4.90. The maximum absolute atomic E-state index is 4.92. The minimum atomic E-state index is 0.955. The molecule has 66 valence electrons. The lowest BCUT2D eigenvalue weighted by Gasteiger charge is -2.25. The molecular formula is C9H14N2O. The molecule has 0 atom stereocenters. The van der Waals surface area contributed by atoms with E-state index in [2.05, 4.69) is 9.88 Å². The Balaban J connectivity index is 1.86. The van der Waals surface area contributed by atoms with E-state index in [0.29, 0.717) is 0 Å². The van der Waals surface area contributed by atoms with E-state index in [1.165, 1.54) is 38.7 Å². The average Bonchev–Trinajstić information content (AvgIpc) is 2.59. The van der Waals surface area contributed by atoms with Gasteiger partial charge in [0.2, 0.25) is 0 Å². The van der Waals surface area contributed by atoms with Crippen molar-refractivity contribution < 1.29 is 4.42 Å². The van der Waals surface area contributed by atoms with E-state index in [9.17, 15) is 0 Å². The van der Waals surface area contributed by atoms with Gasteiger partial charge in [-0.25, -0.2) is 4.98 Å². The van der Waals surface area contributed by atoms with E-state index in [1.54, 1.807) is 6.26 Å². The molecule has 0 saturated carbocycles. The van der Waals surface area contributed by atoms with Gasteiger partial charge in [-0.05, 0) is 25.9 Å². The van der Waals surface area contributed by atoms with Gasteiger partial charge < -0.3 is 4.42 Å². The van der Waals surface area contributed by atoms with Crippen LogP contribution in [0.15, 0.2) is 17.1 Å². The average molecular weight is 166 g/mol. The number of rotatable bonds is 2. The third-order valence-electron chi connectivity index (χ3n) is 2.32. The van der Waals surface area contributed by atoms with Crippen molar-refractivity contribution in [1.29, 1.82) is 0 Å². The summed E-state index contributed by atoms with van der Waals surface area (Å²) in [7, 11) is 0. The van der Waals surface area contributed by atoms with Gasteiger partial charge in [-0.2, -0.15) is 0 Å². The standard InChI is InChI=1S/C9H14N2O/c1-2-4-11(5-3-1)6-9-7-12-8-10-9/h7-8H,1-6H2. The van der Waals surface area contributed by atoms with Crippen LogP contribution >= 0.6 is 0 Å². The molecule has 1 aromatic rings. The maximum atomic E-state index is 4.92. The summed E-state index contributed by atoms with van der Waals surface area (Å²) in [5, 5.41) is 0. The van der Waals surface area contributed by atoms with Crippen LogP contribution in [0, 0.1) is 0 Å². The first kappa shape index (κ1) is 7.80. The Morgan fingerprint density at radius 2 is 2.17 bits per heavy atom. The molecule has 12 heavy (non-hydrogen) atoms. The quantitative estimate of drug-likeness (QED) is 0.669. The molecule has 3 heteroatoms. The third-order valence-corrected chi connectivity index (χ3v) is 2.32. The number of hydrogen-bond acceptors (Lipinski definition) is 3. The summed E-state index contributed by atoms with van der Waals surface area (Å²) < 4.78 is 4.92. The molecule has 0 unspecified atom stereocenters. The second-order valence-corrected chi connectivity index (χ2v) is 3.32. The molecule has 0 aromatic carbocycles. The fraction of sp³-hybridized carbons (Fsp3) is 0.667. The van der Waals surface area contributed by atoms with E-state index in [4.69, 9.17) is 4.42 Å². The van der Waals surface area contributed by atoms with Crippen LogP contribution in [0.4, 0.5) is 0 Å². The smallest absolute Gasteiger partial charge is 0.180 e. The highest BCUT2D eigenvalue weighted by atomic mass is 16.3. The van der Waals surface area contributed by atoms with Gasteiger partial charge in [0.15, 0.2) is 6.39 Å². The highest BCUT2D eigenvalue weighted by Crippen LogP contribution is 2.11. The lowest BCUT2D eigenvalue weighted by atomic mass is 10.1. The van der Waals surface area contributed by atoms with Gasteiger partial charge >= 0.3 is 0 Å². The molecule has 0 spiro atoms. The number of likely N-dealkylation sites (tertiary alicyclic amines) is 1. The van der Waals surface area contributed by atoms with E-state index in [0.717, 1.165) is 12.2 Å². The molecule has 0 N–H and O–H groups in total. The van der Waals surface area contributed by atoms with Crippen molar-refractivity contribution in [2.45, 2.75) is 25.8 Å². The first-order valence-electron chi connectivity index (χ1n) is 4.54. The maximum Gasteiger partial charge on any atom is 0.180 e. The van der Waals surface area contributed by atoms with E-state index < -0.39 is 0 Å². The molecule has 2 heterocycles. The van der Waals surface area contributed by atoms with Crippen LogP contribution in [-0.2, 0) is 6.54 Å². The van der Waals surface area contributed by atoms with Crippen molar-refractivity contribution in [3.8, 4) is 0 Å². The van der Waals surface area contributed by atoms with Crippen LogP contribution in [0.5, 0.6) is 0 Å². The van der Waals surface area contributed by atoms with Crippen LogP contribution in [-0.4, -0.2) is 23.0 Å². The number of nitrogens with zero attached hydrogens (tertiary/aromatic N) is 2. The minimum Gasteiger partial charge on any atom is -0.451 e. The topological polar surface area (TPSA) is 29.3 Å². The first-order valence-corrected chi connectivity index (χ1v) is 4.54. The highest BCUT2D eigenvalue weighted by Gasteiger charge is 2.10. The summed E-state index contributed by atoms with van der Waals surface area (Å²) >= 11 is 0. The Bertz CT molecular complexity index is 214. The molecule has 1 saturated heterocycles. The fourth-order valence-corrected chi connectivity index (χ4v) is 1.66. The third kappa shape index (κ3) is 1.85. The molecule has 2 rings (SSSR count). The molecule has 1 aliphatic heterocycles.